The Morgan fingerprint density at radius 3 is 2.66 bits per heavy atom. The lowest BCUT2D eigenvalue weighted by Gasteiger charge is -2.43. The minimum absolute atomic E-state index is 0.0199. The molecule has 1 saturated heterocycles. The number of carbonyl (C=O) groups is 1. The molecule has 2 aromatic carbocycles. The lowest BCUT2D eigenvalue weighted by Crippen LogP contribution is -2.55. The van der Waals surface area contributed by atoms with Gasteiger partial charge in [0.15, 0.2) is 0 Å². The predicted molar refractivity (Wildman–Crippen MR) is 143 cm³/mol. The Balaban J connectivity index is 1.51. The summed E-state index contributed by atoms with van der Waals surface area (Å²) in [5.74, 6) is -0.0628. The highest BCUT2D eigenvalue weighted by molar-refractivity contribution is 6.05. The summed E-state index contributed by atoms with van der Waals surface area (Å²) < 4.78 is 22.6. The first kappa shape index (κ1) is 27.4. The molecule has 0 spiro atoms. The Labute approximate surface area is 220 Å². The highest BCUT2D eigenvalue weighted by Gasteiger charge is 2.44. The number of fused-ring (bicyclic) bond motifs is 1. The number of phenols is 1. The minimum atomic E-state index is -0.925. The Kier molecular flexibility index (Phi) is 7.91. The van der Waals surface area contributed by atoms with Crippen molar-refractivity contribution in [2.24, 2.45) is 0 Å². The first-order valence-electron chi connectivity index (χ1n) is 12.4. The average molecular weight is 524 g/mol. The zero-order valence-electron chi connectivity index (χ0n) is 22.1. The van der Waals surface area contributed by atoms with Crippen molar-refractivity contribution in [3.8, 4) is 11.5 Å². The van der Waals surface area contributed by atoms with Crippen molar-refractivity contribution in [2.75, 3.05) is 12.4 Å². The molecule has 0 radical (unpaired) electrons. The summed E-state index contributed by atoms with van der Waals surface area (Å²) in [5.41, 5.74) is 0.820. The number of benzene rings is 2. The van der Waals surface area contributed by atoms with Crippen molar-refractivity contribution in [3.63, 3.8) is 0 Å². The van der Waals surface area contributed by atoms with E-state index < -0.39 is 29.5 Å². The van der Waals surface area contributed by atoms with Gasteiger partial charge in [-0.25, -0.2) is 4.79 Å². The summed E-state index contributed by atoms with van der Waals surface area (Å²) in [6.07, 6.45) is 0.654. The summed E-state index contributed by atoms with van der Waals surface area (Å²) in [6.45, 7) is 7.63. The van der Waals surface area contributed by atoms with Gasteiger partial charge in [0.25, 0.3) is 5.91 Å². The van der Waals surface area contributed by atoms with E-state index in [2.05, 4.69) is 5.32 Å². The fourth-order valence-corrected chi connectivity index (χ4v) is 4.34. The third-order valence-electron chi connectivity index (χ3n) is 6.53. The maximum Gasteiger partial charge on any atom is 0.360 e. The molecule has 38 heavy (non-hydrogen) atoms. The lowest BCUT2D eigenvalue weighted by molar-refractivity contribution is -0.271. The first-order chi connectivity index (χ1) is 18.0. The van der Waals surface area contributed by atoms with Crippen LogP contribution in [0.25, 0.3) is 11.0 Å². The van der Waals surface area contributed by atoms with E-state index in [1.165, 1.54) is 24.3 Å². The normalized spacial score (nSPS) is 20.6. The molecular formula is C29H33NO8. The molecule has 0 bridgehead atoms. The van der Waals surface area contributed by atoms with Gasteiger partial charge in [0.1, 0.15) is 28.9 Å². The van der Waals surface area contributed by atoms with E-state index >= 15 is 0 Å². The van der Waals surface area contributed by atoms with E-state index in [0.717, 1.165) is 5.57 Å². The van der Waals surface area contributed by atoms with E-state index in [1.807, 2.05) is 33.8 Å². The number of carbonyl (C=O) groups excluding carboxylic acids is 1. The summed E-state index contributed by atoms with van der Waals surface area (Å²) in [7, 11) is 1.57. The highest BCUT2D eigenvalue weighted by Crippen LogP contribution is 2.33. The third kappa shape index (κ3) is 6.07. The van der Waals surface area contributed by atoms with Crippen LogP contribution in [0.4, 0.5) is 5.69 Å². The molecule has 1 aromatic heterocycles. The Morgan fingerprint density at radius 1 is 1.18 bits per heavy atom. The lowest BCUT2D eigenvalue weighted by atomic mass is 9.92. The molecule has 1 aliphatic heterocycles. The molecule has 3 N–H and O–H groups in total. The van der Waals surface area contributed by atoms with Crippen LogP contribution in [0, 0.1) is 0 Å². The molecule has 202 valence electrons. The second kappa shape index (κ2) is 11.0. The number of nitrogens with one attached hydrogen (secondary N) is 1. The second-order valence-corrected chi connectivity index (χ2v) is 10.2. The Hall–Kier alpha value is -3.66. The van der Waals surface area contributed by atoms with Gasteiger partial charge in [-0.1, -0.05) is 11.6 Å². The van der Waals surface area contributed by atoms with Crippen LogP contribution in [-0.2, 0) is 15.9 Å². The van der Waals surface area contributed by atoms with Crippen LogP contribution in [-0.4, -0.2) is 47.3 Å². The van der Waals surface area contributed by atoms with Gasteiger partial charge in [-0.15, -0.1) is 0 Å². The Bertz CT molecular complexity index is 1420. The van der Waals surface area contributed by atoms with Crippen LogP contribution in [0.3, 0.4) is 0 Å². The minimum Gasteiger partial charge on any atom is -0.508 e. The summed E-state index contributed by atoms with van der Waals surface area (Å²) in [6, 6.07) is 10.9. The number of aromatic hydroxyl groups is 1. The molecule has 0 saturated carbocycles. The summed E-state index contributed by atoms with van der Waals surface area (Å²) in [4.78, 5) is 25.5. The standard InChI is InChI=1S/C29H33NO8/c1-16(2)6-7-17-12-19(9-11-22(17)31)26(33)30-21-13-18-8-10-20(14-24(18)37-27(21)34)36-28-23(32)15-25(35-5)29(3,4)38-28/h6,8-14,23,25,28,31-32H,7,15H2,1-5H3,(H,30,33). The van der Waals surface area contributed by atoms with Gasteiger partial charge >= 0.3 is 5.63 Å². The van der Waals surface area contributed by atoms with Gasteiger partial charge in [0.05, 0.1) is 11.7 Å². The summed E-state index contributed by atoms with van der Waals surface area (Å²) >= 11 is 0. The third-order valence-corrected chi connectivity index (χ3v) is 6.53. The molecule has 3 unspecified atom stereocenters. The molecule has 1 fully saturated rings. The number of rotatable bonds is 7. The number of amides is 1. The molecule has 3 aromatic rings. The van der Waals surface area contributed by atoms with Gasteiger partial charge in [-0.05, 0) is 76.1 Å². The fraction of sp³-hybridized carbons (Fsp3) is 0.379. The summed E-state index contributed by atoms with van der Waals surface area (Å²) in [5, 5.41) is 23.7. The molecule has 0 aliphatic carbocycles. The van der Waals surface area contributed by atoms with Gasteiger partial charge < -0.3 is 34.2 Å². The van der Waals surface area contributed by atoms with Gasteiger partial charge in [0.2, 0.25) is 6.29 Å². The maximum absolute atomic E-state index is 12.9. The zero-order chi connectivity index (χ0) is 27.6. The van der Waals surface area contributed by atoms with Crippen molar-refractivity contribution in [1.82, 2.24) is 0 Å². The van der Waals surface area contributed by atoms with Crippen LogP contribution in [0.5, 0.6) is 11.5 Å². The van der Waals surface area contributed by atoms with Crippen molar-refractivity contribution in [3.05, 3.63) is 75.7 Å². The van der Waals surface area contributed by atoms with Crippen LogP contribution in [0.15, 0.2) is 63.3 Å². The second-order valence-electron chi connectivity index (χ2n) is 10.2. The van der Waals surface area contributed by atoms with Crippen LogP contribution in [0.2, 0.25) is 0 Å². The van der Waals surface area contributed by atoms with Gasteiger partial charge in [-0.2, -0.15) is 0 Å². The smallest absolute Gasteiger partial charge is 0.360 e. The van der Waals surface area contributed by atoms with Gasteiger partial charge in [0, 0.05) is 30.5 Å². The molecule has 2 heterocycles. The molecule has 3 atom stereocenters. The quantitative estimate of drug-likeness (QED) is 0.304. The van der Waals surface area contributed by atoms with Crippen molar-refractivity contribution in [1.29, 1.82) is 0 Å². The van der Waals surface area contributed by atoms with E-state index in [4.69, 9.17) is 18.6 Å². The zero-order valence-corrected chi connectivity index (χ0v) is 22.1. The van der Waals surface area contributed by atoms with Crippen LogP contribution in [0.1, 0.15) is 50.0 Å². The predicted octanol–water partition coefficient (Wildman–Crippen LogP) is 4.54. The van der Waals surface area contributed by atoms with Crippen molar-refractivity contribution in [2.45, 2.75) is 64.6 Å². The van der Waals surface area contributed by atoms with E-state index in [1.54, 1.807) is 25.3 Å². The molecule has 9 nitrogen and oxygen atoms in total. The SMILES string of the molecule is COC1CC(O)C(Oc2ccc3cc(NC(=O)c4ccc(O)c(CC=C(C)C)c4)c(=O)oc3c2)OC1(C)C. The topological polar surface area (TPSA) is 127 Å². The number of hydrogen-bond acceptors (Lipinski definition) is 8. The number of aliphatic hydroxyl groups excluding tert-OH is 1. The number of allylic oxidation sites excluding steroid dienone is 2. The molecule has 1 amide bonds. The Morgan fingerprint density at radius 2 is 1.95 bits per heavy atom. The largest absolute Gasteiger partial charge is 0.508 e. The number of phenolic OH excluding ortho intramolecular Hbond substituents is 1. The number of ether oxygens (including phenoxy) is 3. The first-order valence-corrected chi connectivity index (χ1v) is 12.4. The van der Waals surface area contributed by atoms with E-state index in [-0.39, 0.29) is 23.1 Å². The number of methoxy groups -OCH3 is 1. The van der Waals surface area contributed by atoms with Crippen molar-refractivity contribution >= 4 is 22.6 Å². The van der Waals surface area contributed by atoms with E-state index in [0.29, 0.717) is 35.1 Å². The monoisotopic (exact) mass is 523 g/mol. The average Bonchev–Trinajstić information content (AvgIpc) is 2.85. The van der Waals surface area contributed by atoms with Gasteiger partial charge in [-0.3, -0.25) is 4.79 Å². The van der Waals surface area contributed by atoms with E-state index in [9.17, 15) is 19.8 Å². The number of aliphatic hydroxyl groups is 1. The fourth-order valence-electron chi connectivity index (χ4n) is 4.34. The molecular weight excluding hydrogens is 490 g/mol. The number of hydrogen-bond donors (Lipinski definition) is 3. The molecule has 4 rings (SSSR count). The molecule has 1 aliphatic rings. The number of anilines is 1. The highest BCUT2D eigenvalue weighted by atomic mass is 16.7. The van der Waals surface area contributed by atoms with Crippen LogP contribution >= 0.6 is 0 Å². The van der Waals surface area contributed by atoms with Crippen LogP contribution < -0.4 is 15.7 Å². The van der Waals surface area contributed by atoms with Crippen molar-refractivity contribution < 1.29 is 33.6 Å². The maximum atomic E-state index is 12.9. The molecule has 9 heteroatoms.